The number of piperazine rings is 1. The number of carbonyl (C=O) groups is 1. The molecule has 0 aromatic heterocycles. The number of halogens is 1. The Morgan fingerprint density at radius 1 is 0.891 bits per heavy atom. The van der Waals surface area contributed by atoms with E-state index in [-0.39, 0.29) is 12.6 Å². The van der Waals surface area contributed by atoms with E-state index in [0.29, 0.717) is 23.9 Å². The smallest absolute Gasteiger partial charge is 0.347 e. The molecule has 8 nitrogen and oxygen atoms in total. The second-order valence-electron chi connectivity index (χ2n) is 11.3. The molecule has 2 heterocycles. The number of esters is 1. The van der Waals surface area contributed by atoms with Crippen LogP contribution >= 0.6 is 23.4 Å². The minimum Gasteiger partial charge on any atom is -0.462 e. The molecule has 11 heteroatoms. The molecule has 1 fully saturated rings. The van der Waals surface area contributed by atoms with Gasteiger partial charge in [0.2, 0.25) is 5.60 Å². The lowest BCUT2D eigenvalue weighted by atomic mass is 9.86. The normalized spacial score (nSPS) is 17.1. The van der Waals surface area contributed by atoms with E-state index in [1.807, 2.05) is 54.2 Å². The van der Waals surface area contributed by atoms with Crippen molar-refractivity contribution < 1.29 is 27.6 Å². The molecule has 4 aromatic rings. The van der Waals surface area contributed by atoms with Crippen LogP contribution in [0.2, 0.25) is 5.02 Å². The number of ether oxygens (including phenoxy) is 1. The first-order chi connectivity index (χ1) is 22.0. The number of benzene rings is 4. The van der Waals surface area contributed by atoms with E-state index in [4.69, 9.17) is 20.9 Å². The predicted molar refractivity (Wildman–Crippen MR) is 181 cm³/mol. The van der Waals surface area contributed by atoms with Crippen molar-refractivity contribution in [3.8, 4) is 0 Å². The third kappa shape index (κ3) is 8.57. The number of nitrogens with zero attached hydrogens (tertiary/aromatic N) is 2. The Labute approximate surface area is 279 Å². The van der Waals surface area contributed by atoms with Crippen molar-refractivity contribution in [3.05, 3.63) is 130 Å². The maximum Gasteiger partial charge on any atom is 0.347 e. The van der Waals surface area contributed by atoms with Crippen molar-refractivity contribution in [3.63, 3.8) is 0 Å². The highest BCUT2D eigenvalue weighted by molar-refractivity contribution is 7.99. The predicted octanol–water partition coefficient (Wildman–Crippen LogP) is 5.69. The molecular weight excluding hydrogens is 644 g/mol. The topological polar surface area (TPSA) is 107 Å². The van der Waals surface area contributed by atoms with Gasteiger partial charge in [-0.1, -0.05) is 102 Å². The summed E-state index contributed by atoms with van der Waals surface area (Å²) in [5, 5.41) is 12.4. The van der Waals surface area contributed by atoms with Crippen molar-refractivity contribution in [1.82, 2.24) is 9.80 Å². The first-order valence-electron chi connectivity index (χ1n) is 15.0. The largest absolute Gasteiger partial charge is 0.462 e. The van der Waals surface area contributed by atoms with Crippen LogP contribution in [0, 0.1) is 0 Å². The van der Waals surface area contributed by atoms with Gasteiger partial charge in [0.05, 0.1) is 6.26 Å². The van der Waals surface area contributed by atoms with Crippen LogP contribution in [0.1, 0.15) is 28.3 Å². The molecule has 2 aliphatic heterocycles. The minimum absolute atomic E-state index is 0.215. The lowest BCUT2D eigenvalue weighted by Crippen LogP contribution is -2.49. The molecule has 1 unspecified atom stereocenters. The van der Waals surface area contributed by atoms with Crippen LogP contribution in [-0.2, 0) is 31.7 Å². The van der Waals surface area contributed by atoms with E-state index in [2.05, 4.69) is 46.2 Å². The standard InChI is InChI=1S/C34H33ClN2O3S.CH4O3S/c35-28-15-16-32-29(24-28)30(23-25-9-7-8-14-31(25)41-32)37-19-17-36(18-20-37)21-22-40-33(38)34(39,26-10-3-1-4-11-26)27-12-5-2-6-13-27;1-5(2,3)4/h1-16,24,30,39H,17-23H2;1H3,(H,2,3,4). The monoisotopic (exact) mass is 680 g/mol. The van der Waals surface area contributed by atoms with Gasteiger partial charge < -0.3 is 9.84 Å². The average Bonchev–Trinajstić information content (AvgIpc) is 3.21. The summed E-state index contributed by atoms with van der Waals surface area (Å²) in [7, 11) is -3.67. The molecule has 242 valence electrons. The van der Waals surface area contributed by atoms with Gasteiger partial charge in [-0.3, -0.25) is 14.4 Å². The van der Waals surface area contributed by atoms with Gasteiger partial charge in [-0.15, -0.1) is 0 Å². The quantitative estimate of drug-likeness (QED) is 0.188. The van der Waals surface area contributed by atoms with E-state index in [1.165, 1.54) is 20.9 Å². The maximum atomic E-state index is 13.3. The van der Waals surface area contributed by atoms with Crippen molar-refractivity contribution in [2.24, 2.45) is 0 Å². The van der Waals surface area contributed by atoms with E-state index >= 15 is 0 Å². The van der Waals surface area contributed by atoms with Gasteiger partial charge in [0.1, 0.15) is 6.61 Å². The zero-order chi connectivity index (χ0) is 32.7. The zero-order valence-electron chi connectivity index (χ0n) is 25.5. The third-order valence-corrected chi connectivity index (χ3v) is 9.55. The van der Waals surface area contributed by atoms with Crippen LogP contribution < -0.4 is 0 Å². The zero-order valence-corrected chi connectivity index (χ0v) is 27.8. The van der Waals surface area contributed by atoms with Crippen molar-refractivity contribution in [2.75, 3.05) is 45.6 Å². The van der Waals surface area contributed by atoms with Crippen LogP contribution in [0.4, 0.5) is 0 Å². The molecule has 4 aromatic carbocycles. The fourth-order valence-electron chi connectivity index (χ4n) is 5.84. The highest BCUT2D eigenvalue weighted by Crippen LogP contribution is 2.43. The van der Waals surface area contributed by atoms with Gasteiger partial charge in [-0.2, -0.15) is 8.42 Å². The molecule has 1 atom stereocenters. The van der Waals surface area contributed by atoms with Gasteiger partial charge in [-0.25, -0.2) is 4.79 Å². The number of fused-ring (bicyclic) bond motifs is 2. The van der Waals surface area contributed by atoms with E-state index < -0.39 is 21.7 Å². The molecule has 2 aliphatic rings. The number of rotatable bonds is 7. The van der Waals surface area contributed by atoms with Crippen molar-refractivity contribution in [2.45, 2.75) is 27.9 Å². The fourth-order valence-corrected chi connectivity index (χ4v) is 7.13. The lowest BCUT2D eigenvalue weighted by molar-refractivity contribution is -0.162. The molecule has 1 saturated heterocycles. The van der Waals surface area contributed by atoms with Gasteiger partial charge in [0.15, 0.2) is 0 Å². The summed E-state index contributed by atoms with van der Waals surface area (Å²) in [5.41, 5.74) is 1.79. The van der Waals surface area contributed by atoms with Crippen LogP contribution in [0.5, 0.6) is 0 Å². The summed E-state index contributed by atoms with van der Waals surface area (Å²) in [5.74, 6) is -0.656. The molecule has 46 heavy (non-hydrogen) atoms. The van der Waals surface area contributed by atoms with Crippen molar-refractivity contribution >= 4 is 39.5 Å². The van der Waals surface area contributed by atoms with Gasteiger partial charge >= 0.3 is 5.97 Å². The molecule has 0 bridgehead atoms. The van der Waals surface area contributed by atoms with E-state index in [1.54, 1.807) is 24.3 Å². The fraction of sp³-hybridized carbons (Fsp3) is 0.286. The lowest BCUT2D eigenvalue weighted by Gasteiger charge is -2.39. The average molecular weight is 681 g/mol. The van der Waals surface area contributed by atoms with Crippen LogP contribution in [0.3, 0.4) is 0 Å². The number of carbonyl (C=O) groups excluding carboxylic acids is 1. The van der Waals surface area contributed by atoms with E-state index in [0.717, 1.165) is 37.6 Å². The number of hydrogen-bond donors (Lipinski definition) is 2. The van der Waals surface area contributed by atoms with E-state index in [9.17, 15) is 18.3 Å². The number of aliphatic hydroxyl groups is 1. The second-order valence-corrected chi connectivity index (χ2v) is 14.3. The third-order valence-electron chi connectivity index (χ3n) is 8.10. The Balaban J connectivity index is 0.000000775. The highest BCUT2D eigenvalue weighted by atomic mass is 35.5. The summed E-state index contributed by atoms with van der Waals surface area (Å²) < 4.78 is 31.6. The molecule has 0 spiro atoms. The van der Waals surface area contributed by atoms with Crippen molar-refractivity contribution in [1.29, 1.82) is 0 Å². The van der Waals surface area contributed by atoms with Gasteiger partial charge in [0.25, 0.3) is 10.1 Å². The highest BCUT2D eigenvalue weighted by Gasteiger charge is 2.41. The summed E-state index contributed by atoms with van der Waals surface area (Å²) in [6.45, 7) is 4.41. The molecule has 2 N–H and O–H groups in total. The van der Waals surface area contributed by atoms with Gasteiger partial charge in [-0.05, 0) is 52.9 Å². The molecule has 0 radical (unpaired) electrons. The Bertz CT molecular complexity index is 1690. The minimum atomic E-state index is -3.67. The van der Waals surface area contributed by atoms with Crippen LogP contribution in [-0.4, -0.2) is 79.4 Å². The SMILES string of the molecule is CS(=O)(=O)O.O=C(OCCN1CCN(C2Cc3ccccc3Sc3ccc(Cl)cc32)CC1)C(O)(c1ccccc1)c1ccccc1. The maximum absolute atomic E-state index is 13.3. The molecule has 0 aliphatic carbocycles. The van der Waals surface area contributed by atoms with Crippen LogP contribution in [0.25, 0.3) is 0 Å². The number of hydrogen-bond acceptors (Lipinski definition) is 8. The summed E-state index contributed by atoms with van der Waals surface area (Å²) in [6, 6.07) is 33.2. The first kappa shape index (κ1) is 34.1. The Morgan fingerprint density at radius 3 is 2.07 bits per heavy atom. The summed E-state index contributed by atoms with van der Waals surface area (Å²) >= 11 is 8.29. The molecular formula is C35H37ClN2O6S2. The molecule has 0 amide bonds. The first-order valence-corrected chi connectivity index (χ1v) is 18.0. The molecule has 6 rings (SSSR count). The Morgan fingerprint density at radius 2 is 1.46 bits per heavy atom. The summed E-state index contributed by atoms with van der Waals surface area (Å²) in [4.78, 5) is 20.8. The van der Waals surface area contributed by atoms with Gasteiger partial charge in [0, 0.05) is 53.6 Å². The summed E-state index contributed by atoms with van der Waals surface area (Å²) in [6.07, 6.45) is 1.67. The Kier molecular flexibility index (Phi) is 11.2. The van der Waals surface area contributed by atoms with Crippen LogP contribution in [0.15, 0.2) is 113 Å². The molecule has 0 saturated carbocycles. The second kappa shape index (κ2) is 15.1. The Hall–Kier alpha value is -3.22.